The molecule has 1 aliphatic carbocycles. The van der Waals surface area contributed by atoms with Crippen molar-refractivity contribution in [1.29, 1.82) is 5.26 Å². The summed E-state index contributed by atoms with van der Waals surface area (Å²) in [6.07, 6.45) is 2.73. The Morgan fingerprint density at radius 2 is 2.04 bits per heavy atom. The Balaban J connectivity index is 1.49. The first kappa shape index (κ1) is 16.7. The maximum atomic E-state index is 10.2. The lowest BCUT2D eigenvalue weighted by molar-refractivity contribution is -0.0730. The zero-order valence-corrected chi connectivity index (χ0v) is 14.3. The van der Waals surface area contributed by atoms with E-state index in [1.165, 1.54) is 11.5 Å². The number of aliphatic hydroxyl groups excluding tert-OH is 1. The number of aryl methyl sites for hydroxylation is 1. The smallest absolute Gasteiger partial charge is 0.130 e. The van der Waals surface area contributed by atoms with Crippen LogP contribution in [0.1, 0.15) is 36.9 Å². The number of hydrogen-bond donors (Lipinski definition) is 2. The maximum absolute atomic E-state index is 10.2. The average molecular weight is 336 g/mol. The zero-order valence-electron chi connectivity index (χ0n) is 13.5. The molecule has 1 aromatic heterocycles. The van der Waals surface area contributed by atoms with Gasteiger partial charge in [-0.3, -0.25) is 4.90 Å². The van der Waals surface area contributed by atoms with E-state index in [0.717, 1.165) is 56.1 Å². The Morgan fingerprint density at radius 1 is 1.35 bits per heavy atom. The van der Waals surface area contributed by atoms with Gasteiger partial charge in [-0.1, -0.05) is 0 Å². The fraction of sp³-hybridized carbons (Fsp3) is 0.750. The van der Waals surface area contributed by atoms with Crippen molar-refractivity contribution in [1.82, 2.24) is 9.27 Å². The van der Waals surface area contributed by atoms with Crippen LogP contribution in [0.25, 0.3) is 0 Å². The Hall–Kier alpha value is -1.20. The molecule has 1 aliphatic heterocycles. The minimum absolute atomic E-state index is 0.466. The molecule has 1 atom stereocenters. The van der Waals surface area contributed by atoms with Crippen LogP contribution in [0.5, 0.6) is 0 Å². The van der Waals surface area contributed by atoms with Crippen molar-refractivity contribution in [3.8, 4) is 6.07 Å². The molecule has 0 bridgehead atoms. The zero-order chi connectivity index (χ0) is 16.4. The molecule has 0 aromatic carbocycles. The predicted molar refractivity (Wildman–Crippen MR) is 89.6 cm³/mol. The number of nitriles is 1. The van der Waals surface area contributed by atoms with E-state index in [-0.39, 0.29) is 0 Å². The summed E-state index contributed by atoms with van der Waals surface area (Å²) in [5.74, 6) is 0. The maximum Gasteiger partial charge on any atom is 0.130 e. The third kappa shape index (κ3) is 3.66. The van der Waals surface area contributed by atoms with Gasteiger partial charge in [-0.15, -0.1) is 0 Å². The molecular weight excluding hydrogens is 312 g/mol. The Morgan fingerprint density at radius 3 is 2.61 bits per heavy atom. The van der Waals surface area contributed by atoms with Crippen molar-refractivity contribution >= 4 is 16.5 Å². The van der Waals surface area contributed by atoms with E-state index in [1.54, 1.807) is 0 Å². The second kappa shape index (κ2) is 6.73. The van der Waals surface area contributed by atoms with Crippen LogP contribution in [0.15, 0.2) is 0 Å². The van der Waals surface area contributed by atoms with Crippen molar-refractivity contribution < 1.29 is 10.2 Å². The second-order valence-corrected chi connectivity index (χ2v) is 7.54. The van der Waals surface area contributed by atoms with Gasteiger partial charge >= 0.3 is 0 Å². The molecule has 23 heavy (non-hydrogen) atoms. The molecule has 0 spiro atoms. The fourth-order valence-corrected chi connectivity index (χ4v) is 4.32. The Labute approximate surface area is 141 Å². The largest absolute Gasteiger partial charge is 0.392 e. The summed E-state index contributed by atoms with van der Waals surface area (Å²) in [4.78, 5) is 4.45. The number of anilines is 1. The van der Waals surface area contributed by atoms with Crippen LogP contribution in [0.2, 0.25) is 0 Å². The summed E-state index contributed by atoms with van der Waals surface area (Å²) < 4.78 is 4.28. The first-order valence-corrected chi connectivity index (χ1v) is 9.02. The lowest BCUT2D eigenvalue weighted by atomic mass is 9.76. The quantitative estimate of drug-likeness (QED) is 0.838. The molecule has 1 aromatic rings. The minimum atomic E-state index is -0.622. The minimum Gasteiger partial charge on any atom is -0.392 e. The van der Waals surface area contributed by atoms with Crippen molar-refractivity contribution in [2.45, 2.75) is 44.3 Å². The van der Waals surface area contributed by atoms with E-state index in [0.29, 0.717) is 18.5 Å². The lowest BCUT2D eigenvalue weighted by Crippen LogP contribution is -2.50. The fourth-order valence-electron chi connectivity index (χ4n) is 3.43. The number of aliphatic hydroxyl groups is 2. The van der Waals surface area contributed by atoms with Crippen LogP contribution in [0.4, 0.5) is 5.00 Å². The van der Waals surface area contributed by atoms with Crippen LogP contribution in [-0.4, -0.2) is 63.9 Å². The highest BCUT2D eigenvalue weighted by atomic mass is 32.1. The van der Waals surface area contributed by atoms with Crippen molar-refractivity contribution in [3.05, 3.63) is 11.3 Å². The molecule has 3 rings (SSSR count). The predicted octanol–water partition coefficient (Wildman–Crippen LogP) is 1.11. The van der Waals surface area contributed by atoms with E-state index in [4.69, 9.17) is 0 Å². The van der Waals surface area contributed by atoms with Gasteiger partial charge in [-0.25, -0.2) is 0 Å². The average Bonchev–Trinajstić information content (AvgIpc) is 2.87. The highest BCUT2D eigenvalue weighted by Gasteiger charge is 2.36. The van der Waals surface area contributed by atoms with Crippen molar-refractivity contribution in [2.24, 2.45) is 0 Å². The summed E-state index contributed by atoms with van der Waals surface area (Å²) in [5, 5.41) is 30.6. The van der Waals surface area contributed by atoms with E-state index in [1.807, 2.05) is 6.92 Å². The molecular formula is C16H24N4O2S. The highest BCUT2D eigenvalue weighted by molar-refractivity contribution is 7.10. The normalized spacial score (nSPS) is 22.4. The van der Waals surface area contributed by atoms with Gasteiger partial charge in [0.05, 0.1) is 17.4 Å². The second-order valence-electron chi connectivity index (χ2n) is 6.78. The molecule has 2 aliphatic rings. The van der Waals surface area contributed by atoms with E-state index in [2.05, 4.69) is 20.2 Å². The Kier molecular flexibility index (Phi) is 4.87. The van der Waals surface area contributed by atoms with Crippen molar-refractivity contribution in [2.75, 3.05) is 37.6 Å². The summed E-state index contributed by atoms with van der Waals surface area (Å²) >= 11 is 1.39. The van der Waals surface area contributed by atoms with Gasteiger partial charge in [0.2, 0.25) is 0 Å². The molecule has 0 radical (unpaired) electrons. The summed E-state index contributed by atoms with van der Waals surface area (Å²) in [6, 6.07) is 2.25. The summed E-state index contributed by atoms with van der Waals surface area (Å²) in [7, 11) is 0. The molecule has 126 valence electrons. The van der Waals surface area contributed by atoms with Gasteiger partial charge in [0.15, 0.2) is 0 Å². The van der Waals surface area contributed by atoms with Gasteiger partial charge < -0.3 is 15.1 Å². The van der Waals surface area contributed by atoms with Gasteiger partial charge in [-0.05, 0) is 37.7 Å². The number of nitrogens with zero attached hydrogens (tertiary/aromatic N) is 4. The topological polar surface area (TPSA) is 83.6 Å². The molecule has 1 saturated heterocycles. The van der Waals surface area contributed by atoms with E-state index in [9.17, 15) is 15.5 Å². The number of rotatable bonds is 5. The van der Waals surface area contributed by atoms with Gasteiger partial charge in [0, 0.05) is 39.1 Å². The number of hydrogen-bond acceptors (Lipinski definition) is 7. The van der Waals surface area contributed by atoms with Crippen LogP contribution in [0.3, 0.4) is 0 Å². The summed E-state index contributed by atoms with van der Waals surface area (Å²) in [6.45, 7) is 5.88. The third-order valence-electron chi connectivity index (χ3n) is 4.98. The standard InChI is InChI=1S/C16H24N4O2S/c1-12-14(10-17)15(23-18-12)20-7-5-19(6-8-20)11-13(21)9-16(22)3-2-4-16/h13,21-22H,2-9,11H2,1H3. The van der Waals surface area contributed by atoms with Gasteiger partial charge in [0.25, 0.3) is 0 Å². The molecule has 0 amide bonds. The Bertz CT molecular complexity index is 585. The number of β-amino-alcohol motifs (C(OH)–C–C–N with tert-alkyl or cyclic N) is 1. The van der Waals surface area contributed by atoms with Crippen molar-refractivity contribution in [3.63, 3.8) is 0 Å². The molecule has 2 heterocycles. The van der Waals surface area contributed by atoms with Crippen LogP contribution in [0, 0.1) is 18.3 Å². The molecule has 2 N–H and O–H groups in total. The summed E-state index contributed by atoms with van der Waals surface area (Å²) in [5.41, 5.74) is 0.873. The van der Waals surface area contributed by atoms with E-state index >= 15 is 0 Å². The molecule has 7 heteroatoms. The SMILES string of the molecule is Cc1nsc(N2CCN(CC(O)CC3(O)CCC3)CC2)c1C#N. The van der Waals surface area contributed by atoms with Crippen LogP contribution >= 0.6 is 11.5 Å². The number of piperazine rings is 1. The monoisotopic (exact) mass is 336 g/mol. The van der Waals surface area contributed by atoms with E-state index < -0.39 is 11.7 Å². The van der Waals surface area contributed by atoms with Gasteiger partial charge in [0.1, 0.15) is 16.6 Å². The highest BCUT2D eigenvalue weighted by Crippen LogP contribution is 2.35. The molecule has 6 nitrogen and oxygen atoms in total. The molecule has 1 unspecified atom stereocenters. The van der Waals surface area contributed by atoms with Crippen LogP contribution < -0.4 is 4.90 Å². The van der Waals surface area contributed by atoms with Gasteiger partial charge in [-0.2, -0.15) is 9.64 Å². The first-order valence-electron chi connectivity index (χ1n) is 8.25. The van der Waals surface area contributed by atoms with Crippen LogP contribution in [-0.2, 0) is 0 Å². The molecule has 2 fully saturated rings. The number of aromatic nitrogens is 1. The molecule has 1 saturated carbocycles. The third-order valence-corrected chi connectivity index (χ3v) is 5.99. The first-order chi connectivity index (χ1) is 11.0. The lowest BCUT2D eigenvalue weighted by Gasteiger charge is -2.40.